The number of ether oxygens (including phenoxy) is 2. The van der Waals surface area contributed by atoms with Crippen LogP contribution in [0.4, 0.5) is 0 Å². The number of hydrogen-bond acceptors (Lipinski definition) is 14. The molecule has 4 fully saturated rings. The molecule has 0 spiro atoms. The summed E-state index contributed by atoms with van der Waals surface area (Å²) in [6.07, 6.45) is 27.2. The smallest absolute Gasteiger partial charge is 0.746 e. The number of nitrogens with zero attached hydrogens (tertiary/aromatic N) is 7. The van der Waals surface area contributed by atoms with Gasteiger partial charge in [-0.3, -0.25) is 24.8 Å². The molecule has 6 aliphatic rings. The number of nitrogens with one attached hydrogen (secondary N) is 1. The number of nitriles is 1. The molecular formula is C55H74KN8NaO6S. The van der Waals surface area contributed by atoms with Gasteiger partial charge in [-0.2, -0.15) is 5.26 Å². The summed E-state index contributed by atoms with van der Waals surface area (Å²) >= 11 is 0. The summed E-state index contributed by atoms with van der Waals surface area (Å²) in [7, 11) is -4.72. The van der Waals surface area contributed by atoms with Crippen LogP contribution < -0.4 is 86.3 Å². The summed E-state index contributed by atoms with van der Waals surface area (Å²) in [4.78, 5) is 20.6. The van der Waals surface area contributed by atoms with E-state index < -0.39 is 15.6 Å². The third-order valence-electron chi connectivity index (χ3n) is 14.0. The third kappa shape index (κ3) is 19.2. The summed E-state index contributed by atoms with van der Waals surface area (Å²) in [5.41, 5.74) is 9.04. The van der Waals surface area contributed by atoms with Crippen LogP contribution in [0.2, 0.25) is 0 Å². The Hall–Kier alpha value is -2.07. The predicted octanol–water partition coefficient (Wildman–Crippen LogP) is 2.81. The van der Waals surface area contributed by atoms with Crippen molar-refractivity contribution in [1.29, 1.82) is 10.5 Å². The van der Waals surface area contributed by atoms with Crippen LogP contribution >= 0.6 is 0 Å². The van der Waals surface area contributed by atoms with E-state index in [-0.39, 0.29) is 112 Å². The van der Waals surface area contributed by atoms with Gasteiger partial charge < -0.3 is 36.3 Å². The summed E-state index contributed by atoms with van der Waals surface area (Å²) in [6.45, 7) is 10.3. The van der Waals surface area contributed by atoms with Crippen molar-refractivity contribution < 1.29 is 108 Å². The Balaban J connectivity index is 0.000000243. The summed E-state index contributed by atoms with van der Waals surface area (Å²) in [5, 5.41) is 28.9. The number of rotatable bonds is 18. The second kappa shape index (κ2) is 32.5. The van der Waals surface area contributed by atoms with Gasteiger partial charge in [-0.05, 0) is 170 Å². The van der Waals surface area contributed by atoms with Crippen LogP contribution in [0.1, 0.15) is 177 Å². The fraction of sp³-hybridized carbons (Fsp3) is 0.600. The van der Waals surface area contributed by atoms with Gasteiger partial charge in [0.15, 0.2) is 5.44 Å². The Labute approximate surface area is 494 Å². The molecule has 6 heterocycles. The van der Waals surface area contributed by atoms with Crippen LogP contribution in [0.5, 0.6) is 0 Å². The van der Waals surface area contributed by atoms with Crippen molar-refractivity contribution in [1.82, 2.24) is 30.2 Å². The minimum absolute atomic E-state index is 0. The van der Waals surface area contributed by atoms with Gasteiger partial charge in [0.2, 0.25) is 0 Å². The maximum atomic E-state index is 10.7. The molecule has 2 aliphatic heterocycles. The molecule has 17 heteroatoms. The Bertz CT molecular complexity index is 2430. The summed E-state index contributed by atoms with van der Waals surface area (Å²) in [5.74, 6) is 0.749. The van der Waals surface area contributed by atoms with Gasteiger partial charge in [0, 0.05) is 96.7 Å². The van der Waals surface area contributed by atoms with E-state index >= 15 is 0 Å². The van der Waals surface area contributed by atoms with Crippen molar-refractivity contribution in [3.63, 3.8) is 0 Å². The molecule has 10 rings (SSSR count). The van der Waals surface area contributed by atoms with E-state index in [1.165, 1.54) is 123 Å². The van der Waals surface area contributed by atoms with Crippen molar-refractivity contribution >= 4 is 10.1 Å². The standard InChI is InChI=1S/C27H34N4O.C17H26N2O.C9H11NO4S.CN.CH4.K.Na/c28-18-26(24-8-5-15-29-27(24)21-10-11-21)31-16-14-23(19-31)32-17-4-3-7-22-13-12-20-6-1-2-9-25(20)30-22;1-2-7-17-14(5-1)8-9-15(19-17)6-3-4-12-20-16-10-11-18-13-16;11-9(15(12,13)14)7-2-1-5-10-8(7)6-3-4-6;1-2;;;/h5,8,12-13,15,21,23,26H,1-4,6-7,9-11,14,16-17,19H2;8-9,16,18H,1-7,10-13H2;1-2,5-6,9,11H,3-4H2,(H,12,13,14);;1H4;;/q;;;-1;;2*+1/p-1/t23-,26?;16-;;;;;/m11...../s1. The quantitative estimate of drug-likeness (QED) is 0.0636. The van der Waals surface area contributed by atoms with Gasteiger partial charge in [-0.25, -0.2) is 8.42 Å². The van der Waals surface area contributed by atoms with Crippen LogP contribution in [0, 0.1) is 23.2 Å². The zero-order chi connectivity index (χ0) is 48.4. The molecule has 72 heavy (non-hydrogen) atoms. The molecule has 4 aliphatic carbocycles. The first-order valence-corrected chi connectivity index (χ1v) is 27.0. The molecule has 2 unspecified atom stereocenters. The molecule has 0 aromatic carbocycles. The first-order valence-electron chi connectivity index (χ1n) is 25.5. The molecule has 4 aromatic rings. The molecular weight excluding hydrogens is 963 g/mol. The monoisotopic (exact) mass is 1040 g/mol. The van der Waals surface area contributed by atoms with Crippen LogP contribution in [0.3, 0.4) is 0 Å². The number of aliphatic hydroxyl groups is 1. The summed E-state index contributed by atoms with van der Waals surface area (Å²) in [6, 6.07) is 18.4. The average molecular weight is 1040 g/mol. The zero-order valence-electron chi connectivity index (χ0n) is 42.1. The largest absolute Gasteiger partial charge is 1.00 e. The maximum absolute atomic E-state index is 10.7. The van der Waals surface area contributed by atoms with E-state index in [0.29, 0.717) is 17.7 Å². The van der Waals surface area contributed by atoms with Crippen molar-refractivity contribution in [2.75, 3.05) is 39.4 Å². The molecule has 4 atom stereocenters. The first kappa shape index (κ1) is 62.5. The molecule has 0 amide bonds. The SMILES string of the molecule is C.N#CC(c1cccnc1C1CC1)N1CC[C@@H](OCCCCc2ccc3c(n2)CCCC3)C1.O=S(=O)([O-])C(O)c1cccnc1C1CC1.[C-]#N.[K+].[Na+].c1cc2c(nc1CCCCO[C@@H]1CCNC1)CCCC2. The van der Waals surface area contributed by atoms with E-state index in [1.54, 1.807) is 0 Å². The van der Waals surface area contributed by atoms with Crippen molar-refractivity contribution in [3.8, 4) is 6.07 Å². The second-order valence-corrected chi connectivity index (χ2v) is 20.7. The van der Waals surface area contributed by atoms with Gasteiger partial charge in [0.05, 0.1) is 24.0 Å². The first-order chi connectivity index (χ1) is 33.7. The van der Waals surface area contributed by atoms with Gasteiger partial charge in [-0.1, -0.05) is 31.7 Å². The molecule has 4 aromatic heterocycles. The fourth-order valence-corrected chi connectivity index (χ4v) is 10.5. The zero-order valence-corrected chi connectivity index (χ0v) is 48.1. The van der Waals surface area contributed by atoms with E-state index in [0.717, 1.165) is 108 Å². The number of aryl methyl sites for hydroxylation is 6. The van der Waals surface area contributed by atoms with Gasteiger partial charge >= 0.3 is 80.9 Å². The van der Waals surface area contributed by atoms with E-state index in [4.69, 9.17) is 31.3 Å². The van der Waals surface area contributed by atoms with Gasteiger partial charge in [0.25, 0.3) is 0 Å². The van der Waals surface area contributed by atoms with Crippen molar-refractivity contribution in [2.45, 2.75) is 171 Å². The van der Waals surface area contributed by atoms with Gasteiger partial charge in [-0.15, -0.1) is 0 Å². The molecule has 0 radical (unpaired) electrons. The Morgan fingerprint density at radius 2 is 1.26 bits per heavy atom. The molecule has 378 valence electrons. The van der Waals surface area contributed by atoms with E-state index in [9.17, 15) is 23.3 Å². The number of aliphatic hydroxyl groups excluding tert-OH is 1. The second-order valence-electron chi connectivity index (χ2n) is 19.3. The molecule has 2 N–H and O–H groups in total. The van der Waals surface area contributed by atoms with E-state index in [2.05, 4.69) is 56.6 Å². The number of hydrogen-bond donors (Lipinski definition) is 2. The summed E-state index contributed by atoms with van der Waals surface area (Å²) < 4.78 is 44.1. The van der Waals surface area contributed by atoms with Crippen LogP contribution in [0.15, 0.2) is 60.9 Å². The minimum atomic E-state index is -4.72. The Morgan fingerprint density at radius 3 is 1.76 bits per heavy atom. The topological polar surface area (TPSA) is 210 Å². The predicted molar refractivity (Wildman–Crippen MR) is 268 cm³/mol. The van der Waals surface area contributed by atoms with E-state index in [1.807, 2.05) is 12.3 Å². The molecule has 2 saturated heterocycles. The number of fused-ring (bicyclic) bond motifs is 2. The molecule has 14 nitrogen and oxygen atoms in total. The number of unbranched alkanes of at least 4 members (excludes halogenated alkanes) is 2. The molecule has 2 saturated carbocycles. The number of likely N-dealkylation sites (tertiary alicyclic amines) is 1. The maximum Gasteiger partial charge on any atom is 1.00 e. The normalized spacial score (nSPS) is 19.7. The Morgan fingerprint density at radius 1 is 0.750 bits per heavy atom. The minimum Gasteiger partial charge on any atom is -0.746 e. The van der Waals surface area contributed by atoms with Crippen LogP contribution in [-0.2, 0) is 58.1 Å². The number of aromatic nitrogens is 4. The van der Waals surface area contributed by atoms with Crippen LogP contribution in [-0.4, -0.2) is 94.5 Å². The van der Waals surface area contributed by atoms with Gasteiger partial charge in [0.1, 0.15) is 16.2 Å². The fourth-order valence-electron chi connectivity index (χ4n) is 9.94. The third-order valence-corrected chi connectivity index (χ3v) is 14.8. The van der Waals surface area contributed by atoms with Crippen molar-refractivity contribution in [2.24, 2.45) is 0 Å². The van der Waals surface area contributed by atoms with Crippen LogP contribution in [0.25, 0.3) is 0 Å². The average Bonchev–Trinajstić information content (AvgIpc) is 4.32. The molecule has 0 bridgehead atoms. The Kier molecular flexibility index (Phi) is 28.2. The number of pyridine rings is 4. The van der Waals surface area contributed by atoms with Crippen molar-refractivity contribution in [3.05, 3.63) is 124 Å².